The number of aromatic amines is 1. The van der Waals surface area contributed by atoms with E-state index in [1.54, 1.807) is 0 Å². The number of benzene rings is 1. The molecule has 3 aromatic rings. The number of rotatable bonds is 3. The second kappa shape index (κ2) is 6.23. The molecular weight excluding hydrogens is 312 g/mol. The van der Waals surface area contributed by atoms with Gasteiger partial charge in [0.25, 0.3) is 0 Å². The third kappa shape index (κ3) is 2.86. The first-order chi connectivity index (χ1) is 12.2. The fourth-order valence-electron chi connectivity index (χ4n) is 3.45. The van der Waals surface area contributed by atoms with Gasteiger partial charge in [-0.1, -0.05) is 12.1 Å². The molecule has 25 heavy (non-hydrogen) atoms. The van der Waals surface area contributed by atoms with Gasteiger partial charge in [-0.3, -0.25) is 0 Å². The van der Waals surface area contributed by atoms with Crippen LogP contribution in [0.1, 0.15) is 17.7 Å². The van der Waals surface area contributed by atoms with Crippen LogP contribution in [0.2, 0.25) is 0 Å². The summed E-state index contributed by atoms with van der Waals surface area (Å²) in [6.07, 6.45) is 3.21. The Kier molecular flexibility index (Phi) is 3.90. The summed E-state index contributed by atoms with van der Waals surface area (Å²) in [6, 6.07) is 11.9. The van der Waals surface area contributed by atoms with Crippen LogP contribution < -0.4 is 4.74 Å². The largest absolute Gasteiger partial charge is 0.487 e. The lowest BCUT2D eigenvalue weighted by Crippen LogP contribution is -2.21. The third-order valence-electron chi connectivity index (χ3n) is 4.79. The number of nitrogens with one attached hydrogen (secondary N) is 1. The molecule has 1 unspecified atom stereocenters. The van der Waals surface area contributed by atoms with Crippen molar-refractivity contribution < 1.29 is 4.74 Å². The molecule has 0 aliphatic carbocycles. The Bertz CT molecular complexity index is 969. The van der Waals surface area contributed by atoms with E-state index in [4.69, 9.17) is 9.72 Å². The fourth-order valence-corrected chi connectivity index (χ4v) is 3.45. The highest BCUT2D eigenvalue weighted by Gasteiger charge is 2.22. The third-order valence-corrected chi connectivity index (χ3v) is 4.79. The van der Waals surface area contributed by atoms with Crippen LogP contribution >= 0.6 is 0 Å². The molecule has 1 aliphatic rings. The summed E-state index contributed by atoms with van der Waals surface area (Å²) in [6.45, 7) is 4.01. The number of likely N-dealkylation sites (tertiary alicyclic amines) is 1. The van der Waals surface area contributed by atoms with E-state index in [1.165, 1.54) is 0 Å². The predicted octanol–water partition coefficient (Wildman–Crippen LogP) is 3.49. The van der Waals surface area contributed by atoms with Crippen LogP contribution in [0.3, 0.4) is 0 Å². The summed E-state index contributed by atoms with van der Waals surface area (Å²) >= 11 is 0. The van der Waals surface area contributed by atoms with Crippen molar-refractivity contribution in [2.45, 2.75) is 19.4 Å². The molecule has 5 heteroatoms. The molecule has 0 amide bonds. The minimum Gasteiger partial charge on any atom is -0.487 e. The van der Waals surface area contributed by atoms with E-state index in [9.17, 15) is 5.26 Å². The first kappa shape index (κ1) is 15.7. The van der Waals surface area contributed by atoms with Gasteiger partial charge >= 0.3 is 0 Å². The van der Waals surface area contributed by atoms with Gasteiger partial charge in [0.1, 0.15) is 17.9 Å². The van der Waals surface area contributed by atoms with Crippen molar-refractivity contribution in [2.75, 3.05) is 20.1 Å². The molecule has 1 N–H and O–H groups in total. The molecule has 3 heterocycles. The highest BCUT2D eigenvalue weighted by molar-refractivity contribution is 5.97. The SMILES string of the molecule is Cc1nc(-c2c[nH]c3c(C#N)cccc23)ccc1OC1CCN(C)C1. The number of aromatic nitrogens is 2. The van der Waals surface area contributed by atoms with Crippen LogP contribution in [0, 0.1) is 18.3 Å². The average molecular weight is 332 g/mol. The summed E-state index contributed by atoms with van der Waals surface area (Å²) in [7, 11) is 2.12. The van der Waals surface area contributed by atoms with Gasteiger partial charge in [0.05, 0.1) is 22.5 Å². The minimum atomic E-state index is 0.239. The van der Waals surface area contributed by atoms with Gasteiger partial charge in [-0.15, -0.1) is 0 Å². The number of hydrogen-bond acceptors (Lipinski definition) is 4. The predicted molar refractivity (Wildman–Crippen MR) is 97.5 cm³/mol. The van der Waals surface area contributed by atoms with Gasteiger partial charge in [0.15, 0.2) is 0 Å². The topological polar surface area (TPSA) is 64.9 Å². The Morgan fingerprint density at radius 2 is 2.20 bits per heavy atom. The van der Waals surface area contributed by atoms with Crippen LogP contribution in [0.4, 0.5) is 0 Å². The van der Waals surface area contributed by atoms with E-state index < -0.39 is 0 Å². The maximum absolute atomic E-state index is 9.24. The van der Waals surface area contributed by atoms with Gasteiger partial charge in [-0.05, 0) is 38.6 Å². The first-order valence-corrected chi connectivity index (χ1v) is 8.49. The number of likely N-dealkylation sites (N-methyl/N-ethyl adjacent to an activating group) is 1. The minimum absolute atomic E-state index is 0.239. The molecule has 0 bridgehead atoms. The van der Waals surface area contributed by atoms with E-state index >= 15 is 0 Å². The first-order valence-electron chi connectivity index (χ1n) is 8.49. The van der Waals surface area contributed by atoms with Crippen molar-refractivity contribution in [3.05, 3.63) is 47.8 Å². The lowest BCUT2D eigenvalue weighted by molar-refractivity contribution is 0.206. The van der Waals surface area contributed by atoms with Crippen molar-refractivity contribution in [2.24, 2.45) is 0 Å². The Balaban J connectivity index is 1.66. The van der Waals surface area contributed by atoms with Gasteiger partial charge in [-0.2, -0.15) is 5.26 Å². The second-order valence-corrected chi connectivity index (χ2v) is 6.61. The standard InChI is InChI=1S/C20H20N4O/c1-13-19(25-15-8-9-24(2)12-15)7-6-18(23-13)17-11-22-20-14(10-21)4-3-5-16(17)20/h3-7,11,15,22H,8-9,12H2,1-2H3. The number of fused-ring (bicyclic) bond motifs is 1. The number of aryl methyl sites for hydroxylation is 1. The van der Waals surface area contributed by atoms with Crippen LogP contribution in [0.5, 0.6) is 5.75 Å². The molecule has 1 atom stereocenters. The summed E-state index contributed by atoms with van der Waals surface area (Å²) in [5.74, 6) is 0.849. The molecule has 1 fully saturated rings. The van der Waals surface area contributed by atoms with E-state index in [0.717, 1.165) is 53.1 Å². The number of nitriles is 1. The number of hydrogen-bond donors (Lipinski definition) is 1. The molecule has 2 aromatic heterocycles. The quantitative estimate of drug-likeness (QED) is 0.797. The molecule has 126 valence electrons. The zero-order valence-corrected chi connectivity index (χ0v) is 14.4. The maximum Gasteiger partial charge on any atom is 0.141 e. The summed E-state index contributed by atoms with van der Waals surface area (Å²) < 4.78 is 6.12. The number of pyridine rings is 1. The van der Waals surface area contributed by atoms with Crippen molar-refractivity contribution in [3.8, 4) is 23.1 Å². The van der Waals surface area contributed by atoms with E-state index in [1.807, 2.05) is 43.5 Å². The van der Waals surface area contributed by atoms with Crippen LogP contribution in [0.15, 0.2) is 36.5 Å². The lowest BCUT2D eigenvalue weighted by atomic mass is 10.1. The van der Waals surface area contributed by atoms with Crippen LogP contribution in [-0.4, -0.2) is 41.1 Å². The number of para-hydroxylation sites is 1. The van der Waals surface area contributed by atoms with Gasteiger partial charge < -0.3 is 14.6 Å². The molecule has 1 saturated heterocycles. The van der Waals surface area contributed by atoms with Crippen LogP contribution in [-0.2, 0) is 0 Å². The number of ether oxygens (including phenoxy) is 1. The summed E-state index contributed by atoms with van der Waals surface area (Å²) in [4.78, 5) is 10.2. The smallest absolute Gasteiger partial charge is 0.141 e. The van der Waals surface area contributed by atoms with Crippen molar-refractivity contribution in [1.82, 2.24) is 14.9 Å². The highest BCUT2D eigenvalue weighted by atomic mass is 16.5. The fraction of sp³-hybridized carbons (Fsp3) is 0.300. The van der Waals surface area contributed by atoms with E-state index in [0.29, 0.717) is 5.56 Å². The maximum atomic E-state index is 9.24. The second-order valence-electron chi connectivity index (χ2n) is 6.61. The van der Waals surface area contributed by atoms with Gasteiger partial charge in [0, 0.05) is 30.2 Å². The van der Waals surface area contributed by atoms with Crippen molar-refractivity contribution >= 4 is 10.9 Å². The Labute approximate surface area is 146 Å². The van der Waals surface area contributed by atoms with Gasteiger partial charge in [-0.25, -0.2) is 4.98 Å². The summed E-state index contributed by atoms with van der Waals surface area (Å²) in [5, 5.41) is 10.3. The molecule has 0 spiro atoms. The molecule has 4 rings (SSSR count). The number of H-pyrrole nitrogens is 1. The summed E-state index contributed by atoms with van der Waals surface area (Å²) in [5.41, 5.74) is 4.27. The molecule has 0 radical (unpaired) electrons. The molecule has 1 aliphatic heterocycles. The monoisotopic (exact) mass is 332 g/mol. The average Bonchev–Trinajstić information content (AvgIpc) is 3.22. The Hall–Kier alpha value is -2.84. The lowest BCUT2D eigenvalue weighted by Gasteiger charge is -2.15. The van der Waals surface area contributed by atoms with Crippen molar-refractivity contribution in [1.29, 1.82) is 5.26 Å². The molecular formula is C20H20N4O. The van der Waals surface area contributed by atoms with Crippen LogP contribution in [0.25, 0.3) is 22.2 Å². The molecule has 1 aromatic carbocycles. The van der Waals surface area contributed by atoms with Crippen molar-refractivity contribution in [3.63, 3.8) is 0 Å². The zero-order valence-electron chi connectivity index (χ0n) is 14.4. The van der Waals surface area contributed by atoms with Gasteiger partial charge in [0.2, 0.25) is 0 Å². The van der Waals surface area contributed by atoms with E-state index in [-0.39, 0.29) is 6.10 Å². The number of nitrogens with zero attached hydrogens (tertiary/aromatic N) is 3. The molecule has 5 nitrogen and oxygen atoms in total. The Morgan fingerprint density at radius 3 is 2.92 bits per heavy atom. The Morgan fingerprint density at radius 1 is 1.32 bits per heavy atom. The zero-order chi connectivity index (χ0) is 17.4. The molecule has 0 saturated carbocycles. The normalized spacial score (nSPS) is 17.7. The van der Waals surface area contributed by atoms with E-state index in [2.05, 4.69) is 23.0 Å². The highest BCUT2D eigenvalue weighted by Crippen LogP contribution is 2.31.